The molecule has 0 aliphatic carbocycles. The molecule has 0 spiro atoms. The first-order valence-electron chi connectivity index (χ1n) is 17.2. The fourth-order valence-electron chi connectivity index (χ4n) is 5.49. The van der Waals surface area contributed by atoms with Crippen LogP contribution in [0.2, 0.25) is 0 Å². The van der Waals surface area contributed by atoms with Gasteiger partial charge in [-0.25, -0.2) is 0 Å². The van der Waals surface area contributed by atoms with Crippen molar-refractivity contribution in [3.8, 4) is 11.5 Å². The Labute approximate surface area is 255 Å². The Kier molecular flexibility index (Phi) is 23.8. The van der Waals surface area contributed by atoms with E-state index < -0.39 is 7.26 Å². The Hall–Kier alpha value is -0.870. The fraction of sp³-hybridized carbons (Fsp3) is 0.829. The Morgan fingerprint density at radius 2 is 0.976 bits per heavy atom. The number of hydrogen-bond donors (Lipinski definition) is 0. The Morgan fingerprint density at radius 3 is 1.44 bits per heavy atom. The molecule has 0 aromatic heterocycles. The van der Waals surface area contributed by atoms with Crippen molar-refractivity contribution >= 4 is 7.26 Å². The molecule has 0 radical (unpaired) electrons. The molecule has 0 atom stereocenters. The van der Waals surface area contributed by atoms with Gasteiger partial charge in [-0.1, -0.05) is 26.7 Å². The van der Waals surface area contributed by atoms with Crippen LogP contribution >= 0.6 is 7.26 Å². The van der Waals surface area contributed by atoms with Crippen molar-refractivity contribution in [3.05, 3.63) is 23.3 Å². The van der Waals surface area contributed by atoms with Gasteiger partial charge < -0.3 is 23.7 Å². The molecule has 2 rings (SSSR count). The van der Waals surface area contributed by atoms with E-state index in [1.54, 1.807) is 24.6 Å². The Balaban J connectivity index is 0.000000438. The van der Waals surface area contributed by atoms with E-state index in [-0.39, 0.29) is 0 Å². The van der Waals surface area contributed by atoms with E-state index in [9.17, 15) is 0 Å². The van der Waals surface area contributed by atoms with Crippen LogP contribution in [-0.2, 0) is 27.2 Å². The van der Waals surface area contributed by atoms with Gasteiger partial charge in [-0.05, 0) is 36.1 Å². The standard InChI is InChI=1S/C19H30O5.C16H37P/c1-3-5-7-20-8-9-21-10-11-22-14-17-13-19-18(23-15-24-19)12-16(17)6-4-2;1-5-9-13-17(14-10-6-2,15-11-7-3)16-12-8-4/h12-13H,3-11,14-15H2,1-2H3;17H,5-16H2,1-4H3. The van der Waals surface area contributed by atoms with E-state index in [2.05, 4.69) is 47.6 Å². The third-order valence-electron chi connectivity index (χ3n) is 8.10. The summed E-state index contributed by atoms with van der Waals surface area (Å²) >= 11 is 0. The number of fused-ring (bicyclic) bond motifs is 1. The summed E-state index contributed by atoms with van der Waals surface area (Å²) < 4.78 is 27.6. The van der Waals surface area contributed by atoms with E-state index in [1.165, 1.54) is 62.5 Å². The van der Waals surface area contributed by atoms with Crippen LogP contribution in [0.1, 0.15) is 123 Å². The first-order chi connectivity index (χ1) is 20.1. The van der Waals surface area contributed by atoms with E-state index in [4.69, 9.17) is 23.7 Å². The maximum absolute atomic E-state index is 5.75. The third kappa shape index (κ3) is 17.1. The van der Waals surface area contributed by atoms with E-state index in [1.807, 2.05) is 6.07 Å². The first kappa shape index (κ1) is 38.2. The number of unbranched alkanes of at least 4 members (excludes halogenated alkanes) is 5. The molecule has 1 aromatic rings. The van der Waals surface area contributed by atoms with Gasteiger partial charge >= 0.3 is 111 Å². The second kappa shape index (κ2) is 25.6. The average molecular weight is 599 g/mol. The number of hydrogen-bond acceptors (Lipinski definition) is 5. The molecule has 5 nitrogen and oxygen atoms in total. The van der Waals surface area contributed by atoms with Gasteiger partial charge in [0, 0.05) is 6.61 Å². The average Bonchev–Trinajstić information content (AvgIpc) is 3.45. The fourth-order valence-corrected chi connectivity index (χ4v) is 11.4. The minimum absolute atomic E-state index is 0.305. The minimum atomic E-state index is -0.879. The van der Waals surface area contributed by atoms with Crippen molar-refractivity contribution in [1.29, 1.82) is 0 Å². The molecule has 0 bridgehead atoms. The summed E-state index contributed by atoms with van der Waals surface area (Å²) in [6.07, 6.45) is 22.5. The quantitative estimate of drug-likeness (QED) is 0.0828. The van der Waals surface area contributed by atoms with Gasteiger partial charge in [0.05, 0.1) is 33.0 Å². The van der Waals surface area contributed by atoms with Crippen molar-refractivity contribution in [3.63, 3.8) is 0 Å². The van der Waals surface area contributed by atoms with E-state index >= 15 is 0 Å². The number of ether oxygens (including phenoxy) is 5. The van der Waals surface area contributed by atoms with Crippen LogP contribution in [0, 0.1) is 0 Å². The molecule has 6 heteroatoms. The molecule has 0 fully saturated rings. The second-order valence-corrected chi connectivity index (χ2v) is 16.8. The monoisotopic (exact) mass is 598 g/mol. The summed E-state index contributed by atoms with van der Waals surface area (Å²) in [5, 5.41) is 0. The van der Waals surface area contributed by atoms with Crippen molar-refractivity contribution in [2.24, 2.45) is 0 Å². The van der Waals surface area contributed by atoms with Crippen molar-refractivity contribution in [2.45, 2.75) is 125 Å². The molecule has 0 amide bonds. The summed E-state index contributed by atoms with van der Waals surface area (Å²) in [7, 11) is -0.879. The van der Waals surface area contributed by atoms with Crippen LogP contribution in [0.5, 0.6) is 11.5 Å². The zero-order valence-corrected chi connectivity index (χ0v) is 29.0. The molecule has 41 heavy (non-hydrogen) atoms. The number of rotatable bonds is 25. The molecule has 0 unspecified atom stereocenters. The zero-order valence-electron chi connectivity index (χ0n) is 28.0. The summed E-state index contributed by atoms with van der Waals surface area (Å²) in [5.41, 5.74) is 2.44. The second-order valence-electron chi connectivity index (χ2n) is 11.8. The van der Waals surface area contributed by atoms with Crippen molar-refractivity contribution in [1.82, 2.24) is 0 Å². The Bertz CT molecular complexity index is 704. The number of benzene rings is 1. The summed E-state index contributed by atoms with van der Waals surface area (Å²) in [6, 6.07) is 4.12. The van der Waals surface area contributed by atoms with Crippen molar-refractivity contribution < 1.29 is 23.7 Å². The summed E-state index contributed by atoms with van der Waals surface area (Å²) in [6.45, 7) is 17.9. The molecular formula is C35H67O5P. The van der Waals surface area contributed by atoms with Gasteiger partial charge in [-0.2, -0.15) is 0 Å². The molecule has 1 heterocycles. The van der Waals surface area contributed by atoms with Crippen LogP contribution < -0.4 is 9.47 Å². The predicted molar refractivity (Wildman–Crippen MR) is 180 cm³/mol. The predicted octanol–water partition coefficient (Wildman–Crippen LogP) is 9.65. The van der Waals surface area contributed by atoms with Crippen LogP contribution in [0.4, 0.5) is 0 Å². The van der Waals surface area contributed by atoms with Crippen LogP contribution in [-0.4, -0.2) is 64.5 Å². The summed E-state index contributed by atoms with van der Waals surface area (Å²) in [5.74, 6) is 1.66. The van der Waals surface area contributed by atoms with Crippen molar-refractivity contribution in [2.75, 3.05) is 64.5 Å². The van der Waals surface area contributed by atoms with Crippen LogP contribution in [0.25, 0.3) is 0 Å². The van der Waals surface area contributed by atoms with Gasteiger partial charge in [0.15, 0.2) is 11.5 Å². The van der Waals surface area contributed by atoms with Gasteiger partial charge in [0.1, 0.15) is 0 Å². The van der Waals surface area contributed by atoms with Crippen LogP contribution in [0.15, 0.2) is 12.1 Å². The Morgan fingerprint density at radius 1 is 0.537 bits per heavy atom. The molecule has 242 valence electrons. The van der Waals surface area contributed by atoms with Gasteiger partial charge in [-0.15, -0.1) is 0 Å². The summed E-state index contributed by atoms with van der Waals surface area (Å²) in [4.78, 5) is 0. The SMILES string of the molecule is CCCCOCCOCCOCc1cc2c(cc1CCC)OCO2.CCCC[PH](CCCC)(CCCC)CCCC. The third-order valence-corrected chi connectivity index (χ3v) is 13.8. The first-order valence-corrected chi connectivity index (χ1v) is 20.1. The molecule has 0 saturated heterocycles. The molecule has 0 N–H and O–H groups in total. The zero-order chi connectivity index (χ0) is 30.0. The molecular weight excluding hydrogens is 531 g/mol. The van der Waals surface area contributed by atoms with E-state index in [0.717, 1.165) is 43.8 Å². The molecule has 1 aliphatic heterocycles. The van der Waals surface area contributed by atoms with Crippen LogP contribution in [0.3, 0.4) is 0 Å². The molecule has 1 aliphatic rings. The molecule has 1 aromatic carbocycles. The van der Waals surface area contributed by atoms with E-state index in [0.29, 0.717) is 39.8 Å². The number of aryl methyl sites for hydroxylation is 1. The topological polar surface area (TPSA) is 46.2 Å². The van der Waals surface area contributed by atoms with Gasteiger partial charge in [-0.3, -0.25) is 0 Å². The normalized spacial score (nSPS) is 12.8. The van der Waals surface area contributed by atoms with Gasteiger partial charge in [0.2, 0.25) is 6.79 Å². The molecule has 0 saturated carbocycles. The van der Waals surface area contributed by atoms with Gasteiger partial charge in [0.25, 0.3) is 0 Å². The maximum atomic E-state index is 5.75.